The molecular formula is C17H24BrNO3. The van der Waals surface area contributed by atoms with Crippen molar-refractivity contribution in [1.29, 1.82) is 0 Å². The maximum absolute atomic E-state index is 12.7. The van der Waals surface area contributed by atoms with Crippen molar-refractivity contribution >= 4 is 27.5 Å². The average molecular weight is 370 g/mol. The van der Waals surface area contributed by atoms with Crippen LogP contribution in [-0.4, -0.2) is 38.4 Å². The first-order valence-corrected chi connectivity index (χ1v) is 8.78. The predicted molar refractivity (Wildman–Crippen MR) is 91.2 cm³/mol. The number of hydrogen-bond acceptors (Lipinski definition) is 3. The van der Waals surface area contributed by atoms with Gasteiger partial charge in [-0.15, -0.1) is 0 Å². The van der Waals surface area contributed by atoms with Crippen LogP contribution in [0.25, 0.3) is 0 Å². The fraction of sp³-hybridized carbons (Fsp3) is 0.588. The average Bonchev–Trinajstić information content (AvgIpc) is 3.06. The summed E-state index contributed by atoms with van der Waals surface area (Å²) >= 11 is 3.43. The molecule has 1 amide bonds. The number of amides is 1. The monoisotopic (exact) mass is 369 g/mol. The summed E-state index contributed by atoms with van der Waals surface area (Å²) in [6.45, 7) is 4.67. The molecule has 1 unspecified atom stereocenters. The largest absolute Gasteiger partial charge is 0.380 e. The van der Waals surface area contributed by atoms with Gasteiger partial charge in [0.1, 0.15) is 6.10 Å². The maximum atomic E-state index is 12.7. The van der Waals surface area contributed by atoms with Gasteiger partial charge in [0.25, 0.3) is 5.91 Å². The molecular weight excluding hydrogens is 346 g/mol. The molecule has 1 saturated heterocycles. The van der Waals surface area contributed by atoms with E-state index in [9.17, 15) is 4.79 Å². The minimum absolute atomic E-state index is 0.0407. The zero-order valence-corrected chi connectivity index (χ0v) is 14.7. The van der Waals surface area contributed by atoms with Crippen molar-refractivity contribution in [2.45, 2.75) is 38.7 Å². The second-order valence-corrected chi connectivity index (χ2v) is 6.35. The number of hydrogen-bond donors (Lipinski definition) is 0. The summed E-state index contributed by atoms with van der Waals surface area (Å²) in [6, 6.07) is 7.79. The molecule has 1 aliphatic heterocycles. The van der Waals surface area contributed by atoms with Crippen molar-refractivity contribution in [1.82, 2.24) is 0 Å². The van der Waals surface area contributed by atoms with Gasteiger partial charge in [-0.2, -0.15) is 0 Å². The first-order chi connectivity index (χ1) is 10.7. The van der Waals surface area contributed by atoms with Gasteiger partial charge in [-0.05, 0) is 43.5 Å². The van der Waals surface area contributed by atoms with Crippen LogP contribution >= 0.6 is 15.9 Å². The highest BCUT2D eigenvalue weighted by Crippen LogP contribution is 2.22. The highest BCUT2D eigenvalue weighted by Gasteiger charge is 2.28. The summed E-state index contributed by atoms with van der Waals surface area (Å²) in [5.41, 5.74) is 0.891. The molecule has 22 heavy (non-hydrogen) atoms. The number of nitrogens with zero attached hydrogens (tertiary/aromatic N) is 1. The first kappa shape index (κ1) is 17.4. The van der Waals surface area contributed by atoms with E-state index in [1.807, 2.05) is 24.3 Å². The third-order valence-corrected chi connectivity index (χ3v) is 4.24. The summed E-state index contributed by atoms with van der Waals surface area (Å²) in [6.07, 6.45) is 3.63. The van der Waals surface area contributed by atoms with E-state index in [1.54, 1.807) is 4.90 Å². The second kappa shape index (κ2) is 9.28. The first-order valence-electron chi connectivity index (χ1n) is 7.98. The van der Waals surface area contributed by atoms with E-state index in [1.165, 1.54) is 0 Å². The van der Waals surface area contributed by atoms with Gasteiger partial charge in [0.15, 0.2) is 0 Å². The minimum Gasteiger partial charge on any atom is -0.380 e. The lowest BCUT2D eigenvalue weighted by atomic mass is 10.2. The number of rotatable bonds is 8. The Bertz CT molecular complexity index is 457. The van der Waals surface area contributed by atoms with Crippen molar-refractivity contribution in [3.63, 3.8) is 0 Å². The molecule has 1 atom stereocenters. The van der Waals surface area contributed by atoms with Gasteiger partial charge >= 0.3 is 0 Å². The van der Waals surface area contributed by atoms with E-state index in [0.29, 0.717) is 19.8 Å². The van der Waals surface area contributed by atoms with E-state index in [4.69, 9.17) is 9.47 Å². The zero-order valence-electron chi connectivity index (χ0n) is 13.1. The lowest BCUT2D eigenvalue weighted by Gasteiger charge is -2.25. The molecule has 0 spiro atoms. The Balaban J connectivity index is 1.99. The van der Waals surface area contributed by atoms with Crippen molar-refractivity contribution in [2.24, 2.45) is 0 Å². The van der Waals surface area contributed by atoms with Crippen molar-refractivity contribution < 1.29 is 14.3 Å². The molecule has 1 heterocycles. The van der Waals surface area contributed by atoms with Crippen LogP contribution in [0.2, 0.25) is 0 Å². The number of carbonyl (C=O) groups excluding carboxylic acids is 1. The van der Waals surface area contributed by atoms with Gasteiger partial charge < -0.3 is 14.4 Å². The summed E-state index contributed by atoms with van der Waals surface area (Å²) in [4.78, 5) is 14.5. The van der Waals surface area contributed by atoms with Gasteiger partial charge in [-0.25, -0.2) is 0 Å². The number of anilines is 1. The Hall–Kier alpha value is -0.910. The number of ether oxygens (including phenoxy) is 2. The molecule has 2 rings (SSSR count). The smallest absolute Gasteiger partial charge is 0.256 e. The standard InChI is InChI=1S/C17H24BrNO3/c1-2-3-11-21-13-10-19(15-8-6-14(18)7-9-15)17(20)16-5-4-12-22-16/h6-9,16H,2-5,10-13H2,1H3. The van der Waals surface area contributed by atoms with E-state index >= 15 is 0 Å². The fourth-order valence-corrected chi connectivity index (χ4v) is 2.70. The molecule has 0 aliphatic carbocycles. The van der Waals surface area contributed by atoms with Crippen LogP contribution in [0.15, 0.2) is 28.7 Å². The van der Waals surface area contributed by atoms with E-state index in [-0.39, 0.29) is 12.0 Å². The molecule has 0 aromatic heterocycles. The van der Waals surface area contributed by atoms with Crippen LogP contribution < -0.4 is 4.90 Å². The van der Waals surface area contributed by atoms with E-state index < -0.39 is 0 Å². The Kier molecular flexibility index (Phi) is 7.36. The summed E-state index contributed by atoms with van der Waals surface area (Å²) in [7, 11) is 0. The minimum atomic E-state index is -0.306. The number of unbranched alkanes of at least 4 members (excludes halogenated alkanes) is 1. The quantitative estimate of drug-likeness (QED) is 0.654. The van der Waals surface area contributed by atoms with Gasteiger partial charge in [0.05, 0.1) is 6.61 Å². The third-order valence-electron chi connectivity index (χ3n) is 3.71. The summed E-state index contributed by atoms with van der Waals surface area (Å²) < 4.78 is 12.2. The van der Waals surface area contributed by atoms with Crippen LogP contribution in [0, 0.1) is 0 Å². The molecule has 0 bridgehead atoms. The molecule has 0 radical (unpaired) electrons. The van der Waals surface area contributed by atoms with Crippen LogP contribution in [0.1, 0.15) is 32.6 Å². The Morgan fingerprint density at radius 3 is 2.77 bits per heavy atom. The molecule has 0 saturated carbocycles. The number of benzene rings is 1. The van der Waals surface area contributed by atoms with Crippen molar-refractivity contribution in [3.8, 4) is 0 Å². The van der Waals surface area contributed by atoms with Gasteiger partial charge in [-0.3, -0.25) is 4.79 Å². The molecule has 5 heteroatoms. The third kappa shape index (κ3) is 5.07. The Morgan fingerprint density at radius 2 is 2.14 bits per heavy atom. The van der Waals surface area contributed by atoms with Gasteiger partial charge in [-0.1, -0.05) is 29.3 Å². The second-order valence-electron chi connectivity index (χ2n) is 5.43. The van der Waals surface area contributed by atoms with Gasteiger partial charge in [0, 0.05) is 29.9 Å². The lowest BCUT2D eigenvalue weighted by molar-refractivity contribution is -0.127. The Labute approximate surface area is 140 Å². The van der Waals surface area contributed by atoms with E-state index in [0.717, 1.165) is 42.5 Å². The van der Waals surface area contributed by atoms with Crippen molar-refractivity contribution in [3.05, 3.63) is 28.7 Å². The highest BCUT2D eigenvalue weighted by atomic mass is 79.9. The summed E-state index contributed by atoms with van der Waals surface area (Å²) in [5, 5.41) is 0. The Morgan fingerprint density at radius 1 is 1.36 bits per heavy atom. The van der Waals surface area contributed by atoms with Crippen LogP contribution in [0.5, 0.6) is 0 Å². The lowest BCUT2D eigenvalue weighted by Crippen LogP contribution is -2.41. The van der Waals surface area contributed by atoms with Crippen LogP contribution in [0.4, 0.5) is 5.69 Å². The molecule has 1 aliphatic rings. The maximum Gasteiger partial charge on any atom is 0.256 e. The molecule has 1 fully saturated rings. The normalized spacial score (nSPS) is 17.6. The highest BCUT2D eigenvalue weighted by molar-refractivity contribution is 9.10. The molecule has 122 valence electrons. The predicted octanol–water partition coefficient (Wildman–Crippen LogP) is 3.78. The SMILES string of the molecule is CCCCOCCN(C(=O)C1CCCO1)c1ccc(Br)cc1. The number of carbonyl (C=O) groups is 1. The van der Waals surface area contributed by atoms with Gasteiger partial charge in [0.2, 0.25) is 0 Å². The fourth-order valence-electron chi connectivity index (χ4n) is 2.44. The topological polar surface area (TPSA) is 38.8 Å². The van der Waals surface area contributed by atoms with Crippen molar-refractivity contribution in [2.75, 3.05) is 31.3 Å². The molecule has 1 aromatic rings. The molecule has 0 N–H and O–H groups in total. The zero-order chi connectivity index (χ0) is 15.8. The van der Waals surface area contributed by atoms with Crippen LogP contribution in [0.3, 0.4) is 0 Å². The number of halogens is 1. The molecule has 4 nitrogen and oxygen atoms in total. The summed E-state index contributed by atoms with van der Waals surface area (Å²) in [5.74, 6) is 0.0407. The molecule has 1 aromatic carbocycles. The van der Waals surface area contributed by atoms with E-state index in [2.05, 4.69) is 22.9 Å². The van der Waals surface area contributed by atoms with Crippen LogP contribution in [-0.2, 0) is 14.3 Å².